The molecular weight excluding hydrogens is 234 g/mol. The van der Waals surface area contributed by atoms with Gasteiger partial charge < -0.3 is 9.73 Å². The third kappa shape index (κ3) is 4.68. The number of furan rings is 1. The van der Waals surface area contributed by atoms with Crippen molar-refractivity contribution in [1.82, 2.24) is 5.32 Å². The van der Waals surface area contributed by atoms with E-state index in [1.54, 1.807) is 6.26 Å². The van der Waals surface area contributed by atoms with Gasteiger partial charge in [-0.25, -0.2) is 0 Å². The van der Waals surface area contributed by atoms with Gasteiger partial charge in [0.25, 0.3) is 0 Å². The van der Waals surface area contributed by atoms with E-state index in [0.29, 0.717) is 5.41 Å². The average Bonchev–Trinajstić information content (AvgIpc) is 2.87. The van der Waals surface area contributed by atoms with Gasteiger partial charge in [0.1, 0.15) is 5.76 Å². The molecule has 0 aliphatic heterocycles. The number of hydrogen-bond acceptors (Lipinski definition) is 2. The van der Waals surface area contributed by atoms with Gasteiger partial charge >= 0.3 is 0 Å². The van der Waals surface area contributed by atoms with Crippen molar-refractivity contribution in [2.24, 2.45) is 17.3 Å². The van der Waals surface area contributed by atoms with E-state index in [1.807, 2.05) is 6.07 Å². The lowest BCUT2D eigenvalue weighted by atomic mass is 9.70. The van der Waals surface area contributed by atoms with Crippen LogP contribution in [-0.4, -0.2) is 13.1 Å². The maximum atomic E-state index is 5.34. The summed E-state index contributed by atoms with van der Waals surface area (Å²) in [6.07, 6.45) is 8.38. The van der Waals surface area contributed by atoms with Crippen molar-refractivity contribution in [3.05, 3.63) is 24.2 Å². The maximum absolute atomic E-state index is 5.34. The average molecular weight is 263 g/mol. The third-order valence-electron chi connectivity index (χ3n) is 4.63. The van der Waals surface area contributed by atoms with Gasteiger partial charge in [-0.05, 0) is 61.6 Å². The van der Waals surface area contributed by atoms with Crippen LogP contribution in [0.15, 0.2) is 22.8 Å². The van der Waals surface area contributed by atoms with Crippen molar-refractivity contribution in [1.29, 1.82) is 0 Å². The molecule has 1 aromatic rings. The van der Waals surface area contributed by atoms with E-state index in [-0.39, 0.29) is 0 Å². The van der Waals surface area contributed by atoms with Crippen molar-refractivity contribution in [3.63, 3.8) is 0 Å². The van der Waals surface area contributed by atoms with Crippen LogP contribution in [0.4, 0.5) is 0 Å². The first-order valence-corrected chi connectivity index (χ1v) is 7.79. The summed E-state index contributed by atoms with van der Waals surface area (Å²) >= 11 is 0. The Morgan fingerprint density at radius 2 is 1.95 bits per heavy atom. The molecule has 2 rings (SSSR count). The fourth-order valence-corrected chi connectivity index (χ4v) is 3.21. The smallest absolute Gasteiger partial charge is 0.105 e. The predicted octanol–water partition coefficient (Wildman–Crippen LogP) is 4.26. The van der Waals surface area contributed by atoms with Gasteiger partial charge in [-0.15, -0.1) is 0 Å². The summed E-state index contributed by atoms with van der Waals surface area (Å²) < 4.78 is 5.34. The highest BCUT2D eigenvalue weighted by Gasteiger charge is 2.29. The van der Waals surface area contributed by atoms with Gasteiger partial charge in [0.15, 0.2) is 0 Å². The lowest BCUT2D eigenvalue weighted by Crippen LogP contribution is -2.31. The van der Waals surface area contributed by atoms with Gasteiger partial charge in [-0.1, -0.05) is 20.8 Å². The van der Waals surface area contributed by atoms with Crippen LogP contribution in [0.3, 0.4) is 0 Å². The molecule has 1 saturated carbocycles. The minimum Gasteiger partial charge on any atom is -0.469 e. The molecule has 1 heterocycles. The van der Waals surface area contributed by atoms with E-state index in [9.17, 15) is 0 Å². The lowest BCUT2D eigenvalue weighted by molar-refractivity contribution is 0.149. The monoisotopic (exact) mass is 263 g/mol. The summed E-state index contributed by atoms with van der Waals surface area (Å²) in [5, 5.41) is 3.59. The molecule has 108 valence electrons. The Labute approximate surface area is 118 Å². The molecule has 1 aromatic heterocycles. The second-order valence-corrected chi connectivity index (χ2v) is 7.12. The summed E-state index contributed by atoms with van der Waals surface area (Å²) in [5.74, 6) is 2.89. The topological polar surface area (TPSA) is 25.2 Å². The molecule has 1 aliphatic rings. The predicted molar refractivity (Wildman–Crippen MR) is 80.2 cm³/mol. The van der Waals surface area contributed by atoms with Crippen LogP contribution in [0.1, 0.15) is 52.2 Å². The van der Waals surface area contributed by atoms with Crippen LogP contribution in [0.5, 0.6) is 0 Å². The summed E-state index contributed by atoms with van der Waals surface area (Å²) in [6, 6.07) is 4.01. The third-order valence-corrected chi connectivity index (χ3v) is 4.63. The zero-order valence-corrected chi connectivity index (χ0v) is 12.7. The van der Waals surface area contributed by atoms with E-state index in [0.717, 1.165) is 30.6 Å². The highest BCUT2D eigenvalue weighted by Crippen LogP contribution is 2.39. The Morgan fingerprint density at radius 1 is 1.21 bits per heavy atom. The molecule has 1 aliphatic carbocycles. The molecule has 0 unspecified atom stereocenters. The van der Waals surface area contributed by atoms with E-state index >= 15 is 0 Å². The summed E-state index contributed by atoms with van der Waals surface area (Å²) in [7, 11) is 0. The zero-order chi connectivity index (χ0) is 13.7. The molecule has 1 fully saturated rings. The van der Waals surface area contributed by atoms with Crippen LogP contribution in [0.2, 0.25) is 0 Å². The molecule has 0 spiro atoms. The molecule has 0 aromatic carbocycles. The van der Waals surface area contributed by atoms with Crippen LogP contribution >= 0.6 is 0 Å². The van der Waals surface area contributed by atoms with E-state index in [1.165, 1.54) is 32.2 Å². The molecule has 0 atom stereocenters. The van der Waals surface area contributed by atoms with Gasteiger partial charge in [0.2, 0.25) is 0 Å². The molecule has 19 heavy (non-hydrogen) atoms. The highest BCUT2D eigenvalue weighted by molar-refractivity contribution is 4.98. The van der Waals surface area contributed by atoms with E-state index in [2.05, 4.69) is 32.2 Å². The Balaban J connectivity index is 1.58. The van der Waals surface area contributed by atoms with Crippen molar-refractivity contribution in [2.45, 2.75) is 52.9 Å². The quantitative estimate of drug-likeness (QED) is 0.803. The molecule has 0 saturated heterocycles. The molecule has 0 amide bonds. The second-order valence-electron chi connectivity index (χ2n) is 7.12. The van der Waals surface area contributed by atoms with E-state index in [4.69, 9.17) is 4.42 Å². The van der Waals surface area contributed by atoms with Crippen LogP contribution < -0.4 is 5.32 Å². The summed E-state index contributed by atoms with van der Waals surface area (Å²) in [5.41, 5.74) is 0.498. The maximum Gasteiger partial charge on any atom is 0.105 e. The highest BCUT2D eigenvalue weighted by atomic mass is 16.3. The summed E-state index contributed by atoms with van der Waals surface area (Å²) in [4.78, 5) is 0. The molecule has 1 N–H and O–H groups in total. The van der Waals surface area contributed by atoms with Crippen molar-refractivity contribution in [3.8, 4) is 0 Å². The minimum atomic E-state index is 0.498. The van der Waals surface area contributed by atoms with Gasteiger partial charge in [-0.2, -0.15) is 0 Å². The first-order chi connectivity index (χ1) is 9.05. The Morgan fingerprint density at radius 3 is 2.53 bits per heavy atom. The van der Waals surface area contributed by atoms with Crippen LogP contribution in [0, 0.1) is 17.3 Å². The summed E-state index contributed by atoms with van der Waals surface area (Å²) in [6.45, 7) is 9.38. The van der Waals surface area contributed by atoms with Crippen LogP contribution in [-0.2, 0) is 6.42 Å². The fourth-order valence-electron chi connectivity index (χ4n) is 3.21. The largest absolute Gasteiger partial charge is 0.469 e. The molecule has 2 heteroatoms. The molecule has 2 nitrogen and oxygen atoms in total. The Kier molecular flexibility index (Phi) is 5.09. The molecular formula is C17H29NO. The normalized spacial score (nSPS) is 24.6. The Bertz CT molecular complexity index is 342. The second kappa shape index (κ2) is 6.60. The van der Waals surface area contributed by atoms with E-state index < -0.39 is 0 Å². The van der Waals surface area contributed by atoms with Crippen molar-refractivity contribution in [2.75, 3.05) is 13.1 Å². The standard InChI is InChI=1S/C17H29NO/c1-17(2,3)15-8-6-14(7-9-15)13-18-11-10-16-5-4-12-19-16/h4-5,12,14-15,18H,6-11,13H2,1-3H3. The van der Waals surface area contributed by atoms with Crippen molar-refractivity contribution < 1.29 is 4.42 Å². The minimum absolute atomic E-state index is 0.498. The Hall–Kier alpha value is -0.760. The van der Waals surface area contributed by atoms with Crippen molar-refractivity contribution >= 4 is 0 Å². The first kappa shape index (κ1) is 14.6. The van der Waals surface area contributed by atoms with Gasteiger partial charge in [0, 0.05) is 13.0 Å². The van der Waals surface area contributed by atoms with Crippen LogP contribution in [0.25, 0.3) is 0 Å². The lowest BCUT2D eigenvalue weighted by Gasteiger charge is -2.37. The zero-order valence-electron chi connectivity index (χ0n) is 12.7. The molecule has 0 bridgehead atoms. The van der Waals surface area contributed by atoms with Gasteiger partial charge in [0.05, 0.1) is 6.26 Å². The van der Waals surface area contributed by atoms with Gasteiger partial charge in [-0.3, -0.25) is 0 Å². The molecule has 0 radical (unpaired) electrons. The first-order valence-electron chi connectivity index (χ1n) is 7.79. The fraction of sp³-hybridized carbons (Fsp3) is 0.765. The SMILES string of the molecule is CC(C)(C)C1CCC(CNCCc2ccco2)CC1. The number of nitrogens with one attached hydrogen (secondary N) is 1. The number of rotatable bonds is 5. The number of hydrogen-bond donors (Lipinski definition) is 1.